The van der Waals surface area contributed by atoms with Gasteiger partial charge in [0, 0.05) is 11.1 Å². The van der Waals surface area contributed by atoms with Crippen molar-refractivity contribution in [2.45, 2.75) is 12.7 Å². The van der Waals surface area contributed by atoms with Gasteiger partial charge in [0.1, 0.15) is 6.10 Å². The SMILES string of the molecule is C(#Cc1ccccc1COC(c1ccccc1)c1ccccc1)c1ccccc1. The number of benzene rings is 4. The molecule has 29 heavy (non-hydrogen) atoms. The van der Waals surface area contributed by atoms with Crippen LogP contribution in [0.4, 0.5) is 0 Å². The highest BCUT2D eigenvalue weighted by Gasteiger charge is 2.15. The summed E-state index contributed by atoms with van der Waals surface area (Å²) in [6.45, 7) is 0.494. The highest BCUT2D eigenvalue weighted by Crippen LogP contribution is 2.27. The molecule has 0 unspecified atom stereocenters. The Kier molecular flexibility index (Phi) is 6.18. The van der Waals surface area contributed by atoms with Crippen molar-refractivity contribution in [1.82, 2.24) is 0 Å². The van der Waals surface area contributed by atoms with Gasteiger partial charge in [-0.1, -0.05) is 109 Å². The fraction of sp³-hybridized carbons (Fsp3) is 0.0714. The van der Waals surface area contributed by atoms with Crippen LogP contribution in [-0.4, -0.2) is 0 Å². The molecule has 4 rings (SSSR count). The summed E-state index contributed by atoms with van der Waals surface area (Å²) in [4.78, 5) is 0. The van der Waals surface area contributed by atoms with Crippen molar-refractivity contribution in [1.29, 1.82) is 0 Å². The van der Waals surface area contributed by atoms with Crippen LogP contribution in [-0.2, 0) is 11.3 Å². The van der Waals surface area contributed by atoms with E-state index < -0.39 is 0 Å². The monoisotopic (exact) mass is 374 g/mol. The maximum absolute atomic E-state index is 6.43. The first kappa shape index (κ1) is 18.7. The zero-order valence-corrected chi connectivity index (χ0v) is 16.2. The lowest BCUT2D eigenvalue weighted by atomic mass is 10.0. The number of ether oxygens (including phenoxy) is 1. The summed E-state index contributed by atoms with van der Waals surface area (Å²) in [6.07, 6.45) is -0.118. The van der Waals surface area contributed by atoms with E-state index in [4.69, 9.17) is 4.74 Å². The molecule has 0 aliphatic rings. The Morgan fingerprint density at radius 3 is 1.69 bits per heavy atom. The van der Waals surface area contributed by atoms with Crippen molar-refractivity contribution in [3.05, 3.63) is 143 Å². The molecule has 0 bridgehead atoms. The van der Waals surface area contributed by atoms with Gasteiger partial charge in [0.15, 0.2) is 0 Å². The summed E-state index contributed by atoms with van der Waals surface area (Å²) in [5.74, 6) is 6.55. The maximum atomic E-state index is 6.43. The third-order valence-electron chi connectivity index (χ3n) is 4.74. The first-order valence-electron chi connectivity index (χ1n) is 9.76. The molecule has 0 saturated heterocycles. The minimum absolute atomic E-state index is 0.118. The van der Waals surface area contributed by atoms with E-state index >= 15 is 0 Å². The molecule has 140 valence electrons. The summed E-state index contributed by atoms with van der Waals surface area (Å²) >= 11 is 0. The molecule has 0 aromatic heterocycles. The first-order valence-corrected chi connectivity index (χ1v) is 9.76. The Morgan fingerprint density at radius 1 is 0.552 bits per heavy atom. The molecule has 0 heterocycles. The number of rotatable bonds is 5. The van der Waals surface area contributed by atoms with Gasteiger partial charge in [0.05, 0.1) is 6.61 Å². The fourth-order valence-corrected chi connectivity index (χ4v) is 3.24. The van der Waals surface area contributed by atoms with Crippen LogP contribution in [0, 0.1) is 11.8 Å². The number of hydrogen-bond donors (Lipinski definition) is 0. The Hall–Kier alpha value is -3.60. The fourth-order valence-electron chi connectivity index (χ4n) is 3.24. The predicted molar refractivity (Wildman–Crippen MR) is 118 cm³/mol. The molecule has 0 amide bonds. The Labute approximate surface area is 172 Å². The molecule has 0 aliphatic carbocycles. The average Bonchev–Trinajstić information content (AvgIpc) is 2.81. The van der Waals surface area contributed by atoms with Crippen LogP contribution in [0.2, 0.25) is 0 Å². The highest BCUT2D eigenvalue weighted by atomic mass is 16.5. The smallest absolute Gasteiger partial charge is 0.108 e. The number of hydrogen-bond acceptors (Lipinski definition) is 1. The molecular weight excluding hydrogens is 352 g/mol. The topological polar surface area (TPSA) is 9.23 Å². The molecule has 1 nitrogen and oxygen atoms in total. The second-order valence-electron chi connectivity index (χ2n) is 6.79. The molecule has 0 N–H and O–H groups in total. The predicted octanol–water partition coefficient (Wildman–Crippen LogP) is 6.39. The van der Waals surface area contributed by atoms with Crippen LogP contribution in [0.25, 0.3) is 0 Å². The normalized spacial score (nSPS) is 10.4. The largest absolute Gasteiger partial charge is 0.364 e. The van der Waals surface area contributed by atoms with Crippen molar-refractivity contribution in [2.75, 3.05) is 0 Å². The highest BCUT2D eigenvalue weighted by molar-refractivity contribution is 5.46. The van der Waals surface area contributed by atoms with Gasteiger partial charge in [-0.25, -0.2) is 0 Å². The van der Waals surface area contributed by atoms with E-state index in [-0.39, 0.29) is 6.10 Å². The van der Waals surface area contributed by atoms with Gasteiger partial charge in [-0.15, -0.1) is 0 Å². The molecule has 1 heteroatoms. The lowest BCUT2D eigenvalue weighted by molar-refractivity contribution is 0.0666. The van der Waals surface area contributed by atoms with Crippen LogP contribution < -0.4 is 0 Å². The summed E-state index contributed by atoms with van der Waals surface area (Å²) in [5.41, 5.74) is 5.39. The molecule has 0 aliphatic heterocycles. The zero-order chi connectivity index (χ0) is 19.7. The van der Waals surface area contributed by atoms with E-state index in [1.165, 1.54) is 0 Å². The van der Waals surface area contributed by atoms with Crippen LogP contribution in [0.3, 0.4) is 0 Å². The van der Waals surface area contributed by atoms with Crippen molar-refractivity contribution in [3.63, 3.8) is 0 Å². The molecule has 4 aromatic carbocycles. The quantitative estimate of drug-likeness (QED) is 0.368. The van der Waals surface area contributed by atoms with Gasteiger partial charge in [0.2, 0.25) is 0 Å². The zero-order valence-electron chi connectivity index (χ0n) is 16.2. The molecular formula is C28H22O. The van der Waals surface area contributed by atoms with Crippen molar-refractivity contribution >= 4 is 0 Å². The Balaban J connectivity index is 1.58. The van der Waals surface area contributed by atoms with Crippen LogP contribution in [0.15, 0.2) is 115 Å². The lowest BCUT2D eigenvalue weighted by Gasteiger charge is -2.19. The summed E-state index contributed by atoms with van der Waals surface area (Å²) < 4.78 is 6.43. The summed E-state index contributed by atoms with van der Waals surface area (Å²) in [7, 11) is 0. The second-order valence-corrected chi connectivity index (χ2v) is 6.79. The van der Waals surface area contributed by atoms with E-state index in [0.717, 1.165) is 27.8 Å². The Bertz CT molecular complexity index is 1050. The van der Waals surface area contributed by atoms with Gasteiger partial charge in [-0.3, -0.25) is 0 Å². The van der Waals surface area contributed by atoms with Gasteiger partial charge < -0.3 is 4.74 Å². The molecule has 0 atom stereocenters. The van der Waals surface area contributed by atoms with E-state index in [1.807, 2.05) is 78.9 Å². The van der Waals surface area contributed by atoms with E-state index in [2.05, 4.69) is 48.2 Å². The van der Waals surface area contributed by atoms with Crippen LogP contribution in [0.5, 0.6) is 0 Å². The first-order chi connectivity index (χ1) is 14.4. The molecule has 0 fully saturated rings. The maximum Gasteiger partial charge on any atom is 0.108 e. The van der Waals surface area contributed by atoms with Gasteiger partial charge in [-0.2, -0.15) is 0 Å². The van der Waals surface area contributed by atoms with Gasteiger partial charge in [0.25, 0.3) is 0 Å². The molecule has 4 aromatic rings. The van der Waals surface area contributed by atoms with Gasteiger partial charge in [-0.05, 0) is 34.9 Å². The minimum Gasteiger partial charge on any atom is -0.364 e. The standard InChI is InChI=1S/C28H22O/c1-4-12-23(13-5-1)20-21-24-14-10-11-19-27(24)22-29-28(25-15-6-2-7-16-25)26-17-8-3-9-18-26/h1-19,28H,22H2. The van der Waals surface area contributed by atoms with Crippen molar-refractivity contribution in [3.8, 4) is 11.8 Å². The van der Waals surface area contributed by atoms with Crippen LogP contribution in [0.1, 0.15) is 33.9 Å². The minimum atomic E-state index is -0.118. The lowest BCUT2D eigenvalue weighted by Crippen LogP contribution is -2.07. The summed E-state index contributed by atoms with van der Waals surface area (Å²) in [5, 5.41) is 0. The van der Waals surface area contributed by atoms with Gasteiger partial charge >= 0.3 is 0 Å². The average molecular weight is 374 g/mol. The molecule has 0 radical (unpaired) electrons. The Morgan fingerprint density at radius 2 is 1.07 bits per heavy atom. The summed E-state index contributed by atoms with van der Waals surface area (Å²) in [6, 6.07) is 38.9. The third-order valence-corrected chi connectivity index (χ3v) is 4.74. The van der Waals surface area contributed by atoms with Crippen molar-refractivity contribution in [2.24, 2.45) is 0 Å². The third kappa shape index (κ3) is 5.02. The van der Waals surface area contributed by atoms with Crippen LogP contribution >= 0.6 is 0 Å². The van der Waals surface area contributed by atoms with E-state index in [1.54, 1.807) is 0 Å². The van der Waals surface area contributed by atoms with Crippen molar-refractivity contribution < 1.29 is 4.74 Å². The van der Waals surface area contributed by atoms with E-state index in [0.29, 0.717) is 6.61 Å². The second kappa shape index (κ2) is 9.55. The molecule has 0 saturated carbocycles. The molecule has 0 spiro atoms. The van der Waals surface area contributed by atoms with E-state index in [9.17, 15) is 0 Å².